The quantitative estimate of drug-likeness (QED) is 0.821. The second kappa shape index (κ2) is 7.20. The third-order valence-corrected chi connectivity index (χ3v) is 3.12. The minimum absolute atomic E-state index is 0.0612. The van der Waals surface area contributed by atoms with Gasteiger partial charge < -0.3 is 5.32 Å². The van der Waals surface area contributed by atoms with Crippen LogP contribution in [0.4, 0.5) is 0 Å². The minimum atomic E-state index is 0.0612. The highest BCUT2D eigenvalue weighted by Gasteiger charge is 2.22. The largest absolute Gasteiger partial charge is 0.356 e. The Morgan fingerprint density at radius 3 is 2.22 bits per heavy atom. The molecular weight excluding hydrogens is 222 g/mol. The van der Waals surface area contributed by atoms with Gasteiger partial charge in [-0.3, -0.25) is 4.79 Å². The van der Waals surface area contributed by atoms with Crippen LogP contribution >= 0.6 is 0 Å². The van der Waals surface area contributed by atoms with E-state index in [1.54, 1.807) is 0 Å². The summed E-state index contributed by atoms with van der Waals surface area (Å²) in [5.74, 6) is 1.10. The molecule has 1 unspecified atom stereocenters. The molecule has 0 saturated heterocycles. The lowest BCUT2D eigenvalue weighted by molar-refractivity contribution is -0.126. The summed E-state index contributed by atoms with van der Waals surface area (Å²) in [6, 6.07) is 10.2. The number of hydrogen-bond donors (Lipinski definition) is 1. The summed E-state index contributed by atoms with van der Waals surface area (Å²) in [6.45, 7) is 9.21. The van der Waals surface area contributed by atoms with Crippen LogP contribution < -0.4 is 5.32 Å². The van der Waals surface area contributed by atoms with E-state index in [1.165, 1.54) is 5.56 Å². The molecule has 0 heterocycles. The van der Waals surface area contributed by atoms with Crippen molar-refractivity contribution in [3.8, 4) is 0 Å². The highest BCUT2D eigenvalue weighted by atomic mass is 16.1. The first-order chi connectivity index (χ1) is 8.50. The zero-order valence-corrected chi connectivity index (χ0v) is 11.9. The van der Waals surface area contributed by atoms with Gasteiger partial charge in [0, 0.05) is 12.5 Å². The molecule has 1 amide bonds. The van der Waals surface area contributed by atoms with Gasteiger partial charge in [0.2, 0.25) is 5.91 Å². The highest BCUT2D eigenvalue weighted by molar-refractivity contribution is 5.79. The molecule has 0 aliphatic carbocycles. The van der Waals surface area contributed by atoms with Crippen molar-refractivity contribution in [3.05, 3.63) is 35.9 Å². The van der Waals surface area contributed by atoms with E-state index in [0.717, 1.165) is 13.0 Å². The van der Waals surface area contributed by atoms with Crippen LogP contribution in [-0.2, 0) is 11.2 Å². The Balaban J connectivity index is 2.62. The van der Waals surface area contributed by atoms with Gasteiger partial charge in [0.1, 0.15) is 0 Å². The van der Waals surface area contributed by atoms with Crippen LogP contribution in [0.5, 0.6) is 0 Å². The molecule has 1 N–H and O–H groups in total. The monoisotopic (exact) mass is 247 g/mol. The number of carbonyl (C=O) groups excluding carboxylic acids is 1. The van der Waals surface area contributed by atoms with Gasteiger partial charge >= 0.3 is 0 Å². The first kappa shape index (κ1) is 14.7. The molecule has 0 aliphatic heterocycles. The Labute approximate surface area is 111 Å². The summed E-state index contributed by atoms with van der Waals surface area (Å²) in [6.07, 6.45) is 0.822. The lowest BCUT2D eigenvalue weighted by Gasteiger charge is -2.21. The molecule has 1 aromatic carbocycles. The second-order valence-electron chi connectivity index (χ2n) is 5.68. The molecule has 0 aliphatic rings. The SMILES string of the molecule is CC(C)CNC(=O)C(Cc1ccccc1)C(C)C. The molecule has 2 heteroatoms. The van der Waals surface area contributed by atoms with Crippen LogP contribution in [0.2, 0.25) is 0 Å². The van der Waals surface area contributed by atoms with Gasteiger partial charge in [-0.2, -0.15) is 0 Å². The molecule has 0 saturated carbocycles. The van der Waals surface area contributed by atoms with Gasteiger partial charge in [0.05, 0.1) is 0 Å². The molecule has 0 spiro atoms. The maximum Gasteiger partial charge on any atom is 0.223 e. The van der Waals surface area contributed by atoms with Crippen molar-refractivity contribution >= 4 is 5.91 Å². The number of hydrogen-bond acceptors (Lipinski definition) is 1. The number of benzene rings is 1. The van der Waals surface area contributed by atoms with Gasteiger partial charge in [-0.1, -0.05) is 58.0 Å². The lowest BCUT2D eigenvalue weighted by Crippen LogP contribution is -2.36. The zero-order chi connectivity index (χ0) is 13.5. The van der Waals surface area contributed by atoms with Crippen LogP contribution in [0.15, 0.2) is 30.3 Å². The molecule has 1 aromatic rings. The van der Waals surface area contributed by atoms with Crippen molar-refractivity contribution in [1.82, 2.24) is 5.32 Å². The summed E-state index contributed by atoms with van der Waals surface area (Å²) in [4.78, 5) is 12.2. The fourth-order valence-electron chi connectivity index (χ4n) is 1.93. The second-order valence-corrected chi connectivity index (χ2v) is 5.68. The van der Waals surface area contributed by atoms with Gasteiger partial charge in [-0.15, -0.1) is 0 Å². The molecule has 2 nitrogen and oxygen atoms in total. The summed E-state index contributed by atoms with van der Waals surface area (Å²) in [7, 11) is 0. The molecule has 18 heavy (non-hydrogen) atoms. The maximum atomic E-state index is 12.2. The lowest BCUT2D eigenvalue weighted by atomic mass is 9.88. The molecule has 100 valence electrons. The standard InChI is InChI=1S/C16H25NO/c1-12(2)11-17-16(18)15(13(3)4)10-14-8-6-5-7-9-14/h5-9,12-13,15H,10-11H2,1-4H3,(H,17,18). The Hall–Kier alpha value is -1.31. The molecule has 0 fully saturated rings. The van der Waals surface area contributed by atoms with E-state index in [9.17, 15) is 4.79 Å². The minimum Gasteiger partial charge on any atom is -0.356 e. The maximum absolute atomic E-state index is 12.2. The van der Waals surface area contributed by atoms with Gasteiger partial charge in [0.15, 0.2) is 0 Å². The number of nitrogens with one attached hydrogen (secondary N) is 1. The summed E-state index contributed by atoms with van der Waals surface area (Å²) < 4.78 is 0. The average Bonchev–Trinajstić information content (AvgIpc) is 2.34. The summed E-state index contributed by atoms with van der Waals surface area (Å²) in [5.41, 5.74) is 1.23. The summed E-state index contributed by atoms with van der Waals surface area (Å²) >= 11 is 0. The Kier molecular flexibility index (Phi) is 5.90. The van der Waals surface area contributed by atoms with E-state index in [2.05, 4.69) is 45.1 Å². The van der Waals surface area contributed by atoms with Crippen LogP contribution in [-0.4, -0.2) is 12.5 Å². The van der Waals surface area contributed by atoms with E-state index in [4.69, 9.17) is 0 Å². The normalized spacial score (nSPS) is 12.8. The van der Waals surface area contributed by atoms with Crippen LogP contribution in [0.25, 0.3) is 0 Å². The Morgan fingerprint density at radius 2 is 1.72 bits per heavy atom. The molecule has 1 rings (SSSR count). The fraction of sp³-hybridized carbons (Fsp3) is 0.562. The van der Waals surface area contributed by atoms with Crippen molar-refractivity contribution in [1.29, 1.82) is 0 Å². The van der Waals surface area contributed by atoms with Gasteiger partial charge in [-0.05, 0) is 23.8 Å². The third kappa shape index (κ3) is 4.91. The number of carbonyl (C=O) groups is 1. The molecular formula is C16H25NO. The van der Waals surface area contributed by atoms with Gasteiger partial charge in [-0.25, -0.2) is 0 Å². The first-order valence-electron chi connectivity index (χ1n) is 6.82. The average molecular weight is 247 g/mol. The molecule has 0 aromatic heterocycles. The predicted molar refractivity (Wildman–Crippen MR) is 76.3 cm³/mol. The van der Waals surface area contributed by atoms with Gasteiger partial charge in [0.25, 0.3) is 0 Å². The molecule has 0 bridgehead atoms. The zero-order valence-electron chi connectivity index (χ0n) is 11.9. The van der Waals surface area contributed by atoms with Crippen molar-refractivity contribution in [3.63, 3.8) is 0 Å². The van der Waals surface area contributed by atoms with Crippen molar-refractivity contribution in [2.75, 3.05) is 6.54 Å². The number of rotatable bonds is 6. The van der Waals surface area contributed by atoms with E-state index >= 15 is 0 Å². The Morgan fingerprint density at radius 1 is 1.11 bits per heavy atom. The Bertz CT molecular complexity index is 357. The fourth-order valence-corrected chi connectivity index (χ4v) is 1.93. The first-order valence-corrected chi connectivity index (χ1v) is 6.82. The van der Waals surface area contributed by atoms with E-state index in [-0.39, 0.29) is 11.8 Å². The predicted octanol–water partition coefficient (Wildman–Crippen LogP) is 3.27. The number of amides is 1. The van der Waals surface area contributed by atoms with E-state index in [1.807, 2.05) is 18.2 Å². The third-order valence-electron chi connectivity index (χ3n) is 3.12. The topological polar surface area (TPSA) is 29.1 Å². The van der Waals surface area contributed by atoms with Crippen LogP contribution in [0, 0.1) is 17.8 Å². The van der Waals surface area contributed by atoms with Crippen LogP contribution in [0.3, 0.4) is 0 Å². The van der Waals surface area contributed by atoms with E-state index < -0.39 is 0 Å². The van der Waals surface area contributed by atoms with Crippen molar-refractivity contribution in [2.45, 2.75) is 34.1 Å². The van der Waals surface area contributed by atoms with Crippen molar-refractivity contribution < 1.29 is 4.79 Å². The molecule has 1 atom stereocenters. The van der Waals surface area contributed by atoms with Crippen LogP contribution in [0.1, 0.15) is 33.3 Å². The van der Waals surface area contributed by atoms with Crippen molar-refractivity contribution in [2.24, 2.45) is 17.8 Å². The molecule has 0 radical (unpaired) electrons. The smallest absolute Gasteiger partial charge is 0.223 e. The highest BCUT2D eigenvalue weighted by Crippen LogP contribution is 2.17. The van der Waals surface area contributed by atoms with E-state index in [0.29, 0.717) is 11.8 Å². The summed E-state index contributed by atoms with van der Waals surface area (Å²) in [5, 5.41) is 3.04.